The summed E-state index contributed by atoms with van der Waals surface area (Å²) in [5.74, 6) is 0. The van der Waals surface area contributed by atoms with E-state index in [0.29, 0.717) is 6.33 Å². The first kappa shape index (κ1) is 7.67. The van der Waals surface area contributed by atoms with Crippen molar-refractivity contribution in [1.29, 1.82) is 0 Å². The predicted octanol–water partition coefficient (Wildman–Crippen LogP) is 3.05. The van der Waals surface area contributed by atoms with E-state index in [2.05, 4.69) is 6.92 Å². The molecule has 0 saturated carbocycles. The largest absolute Gasteiger partial charge is 0.216 e. The number of allylic oxidation sites excluding steroid dienone is 1. The fourth-order valence-electron chi connectivity index (χ4n) is 0.575. The molecule has 0 unspecified atom stereocenters. The van der Waals surface area contributed by atoms with Gasteiger partial charge in [-0.1, -0.05) is 25.8 Å². The number of halogens is 1. The SMILES string of the molecule is CCCCC/C=C/F. The molecule has 0 rings (SSSR count). The number of rotatable bonds is 4. The molecule has 0 aliphatic rings. The van der Waals surface area contributed by atoms with Crippen molar-refractivity contribution in [3.05, 3.63) is 12.4 Å². The Labute approximate surface area is 50.4 Å². The van der Waals surface area contributed by atoms with Gasteiger partial charge in [-0.3, -0.25) is 0 Å². The molecule has 0 aromatic heterocycles. The van der Waals surface area contributed by atoms with Crippen molar-refractivity contribution in [2.45, 2.75) is 32.6 Å². The Bertz CT molecular complexity index is 57.4. The Kier molecular flexibility index (Phi) is 6.39. The van der Waals surface area contributed by atoms with Gasteiger partial charge >= 0.3 is 0 Å². The summed E-state index contributed by atoms with van der Waals surface area (Å²) >= 11 is 0. The molecule has 0 N–H and O–H groups in total. The topological polar surface area (TPSA) is 0 Å². The molecule has 8 heavy (non-hydrogen) atoms. The minimum atomic E-state index is 0.621. The van der Waals surface area contributed by atoms with Crippen LogP contribution in [0.3, 0.4) is 0 Å². The zero-order valence-corrected chi connectivity index (χ0v) is 5.36. The van der Waals surface area contributed by atoms with Crippen LogP contribution in [0.25, 0.3) is 0 Å². The van der Waals surface area contributed by atoms with Gasteiger partial charge in [0.1, 0.15) is 0 Å². The third-order valence-corrected chi connectivity index (χ3v) is 1.06. The minimum absolute atomic E-state index is 0.621. The van der Waals surface area contributed by atoms with Crippen LogP contribution in [0, 0.1) is 0 Å². The van der Waals surface area contributed by atoms with Crippen LogP contribution in [0.15, 0.2) is 12.4 Å². The van der Waals surface area contributed by atoms with Gasteiger partial charge in [0.05, 0.1) is 6.33 Å². The van der Waals surface area contributed by atoms with E-state index in [9.17, 15) is 4.39 Å². The molecule has 0 saturated heterocycles. The van der Waals surface area contributed by atoms with Crippen molar-refractivity contribution in [2.24, 2.45) is 0 Å². The number of hydrogen-bond donors (Lipinski definition) is 0. The van der Waals surface area contributed by atoms with Gasteiger partial charge in [-0.05, 0) is 12.8 Å². The molecule has 0 radical (unpaired) electrons. The lowest BCUT2D eigenvalue weighted by molar-refractivity contribution is 0.691. The van der Waals surface area contributed by atoms with Crippen molar-refractivity contribution >= 4 is 0 Å². The fourth-order valence-corrected chi connectivity index (χ4v) is 0.575. The average molecular weight is 116 g/mol. The molecule has 0 heterocycles. The van der Waals surface area contributed by atoms with Crippen LogP contribution in [-0.4, -0.2) is 0 Å². The summed E-state index contributed by atoms with van der Waals surface area (Å²) in [6.45, 7) is 2.14. The predicted molar refractivity (Wildman–Crippen MR) is 34.4 cm³/mol. The molecule has 0 fully saturated rings. The Morgan fingerprint density at radius 3 is 2.62 bits per heavy atom. The molecule has 1 heteroatoms. The molecule has 0 nitrogen and oxygen atoms in total. The van der Waals surface area contributed by atoms with Gasteiger partial charge in [0.25, 0.3) is 0 Å². The summed E-state index contributed by atoms with van der Waals surface area (Å²) in [6.07, 6.45) is 6.62. The summed E-state index contributed by atoms with van der Waals surface area (Å²) in [6, 6.07) is 0. The maximum Gasteiger partial charge on any atom is 0.0827 e. The van der Waals surface area contributed by atoms with Crippen molar-refractivity contribution in [3.8, 4) is 0 Å². The second kappa shape index (κ2) is 6.67. The van der Waals surface area contributed by atoms with E-state index in [1.807, 2.05) is 0 Å². The smallest absolute Gasteiger partial charge is 0.0827 e. The van der Waals surface area contributed by atoms with E-state index in [1.54, 1.807) is 6.08 Å². The highest BCUT2D eigenvalue weighted by Gasteiger charge is 1.79. The molecule has 0 aliphatic heterocycles. The molecular formula is C7H13F. The second-order valence-corrected chi connectivity index (χ2v) is 1.86. The maximum absolute atomic E-state index is 11.2. The van der Waals surface area contributed by atoms with Crippen molar-refractivity contribution in [3.63, 3.8) is 0 Å². The van der Waals surface area contributed by atoms with Crippen molar-refractivity contribution in [2.75, 3.05) is 0 Å². The maximum atomic E-state index is 11.2. The van der Waals surface area contributed by atoms with Crippen molar-refractivity contribution < 1.29 is 4.39 Å². The van der Waals surface area contributed by atoms with E-state index in [-0.39, 0.29) is 0 Å². The van der Waals surface area contributed by atoms with E-state index < -0.39 is 0 Å². The van der Waals surface area contributed by atoms with Crippen LogP contribution in [0.1, 0.15) is 32.6 Å². The molecular weight excluding hydrogens is 103 g/mol. The van der Waals surface area contributed by atoms with Crippen LogP contribution in [0.4, 0.5) is 4.39 Å². The molecule has 0 bridgehead atoms. The summed E-state index contributed by atoms with van der Waals surface area (Å²) in [7, 11) is 0. The van der Waals surface area contributed by atoms with Crippen LogP contribution >= 0.6 is 0 Å². The lowest BCUT2D eigenvalue weighted by Crippen LogP contribution is -1.68. The van der Waals surface area contributed by atoms with Crippen LogP contribution < -0.4 is 0 Å². The first-order valence-electron chi connectivity index (χ1n) is 3.17. The third kappa shape index (κ3) is 5.67. The Hall–Kier alpha value is -0.330. The van der Waals surface area contributed by atoms with Crippen LogP contribution in [0.5, 0.6) is 0 Å². The van der Waals surface area contributed by atoms with Gasteiger partial charge in [-0.25, -0.2) is 4.39 Å². The Balaban J connectivity index is 2.72. The fraction of sp³-hybridized carbons (Fsp3) is 0.714. The highest BCUT2D eigenvalue weighted by atomic mass is 19.1. The zero-order chi connectivity index (χ0) is 6.24. The first-order valence-corrected chi connectivity index (χ1v) is 3.17. The molecule has 48 valence electrons. The van der Waals surface area contributed by atoms with E-state index in [4.69, 9.17) is 0 Å². The Morgan fingerprint density at radius 2 is 2.12 bits per heavy atom. The van der Waals surface area contributed by atoms with Gasteiger partial charge in [0.2, 0.25) is 0 Å². The zero-order valence-electron chi connectivity index (χ0n) is 5.36. The highest BCUT2D eigenvalue weighted by molar-refractivity contribution is 4.70. The van der Waals surface area contributed by atoms with E-state index >= 15 is 0 Å². The summed E-state index contributed by atoms with van der Waals surface area (Å²) < 4.78 is 11.2. The monoisotopic (exact) mass is 116 g/mol. The normalized spacial score (nSPS) is 10.8. The van der Waals surface area contributed by atoms with Crippen molar-refractivity contribution in [1.82, 2.24) is 0 Å². The van der Waals surface area contributed by atoms with E-state index in [1.165, 1.54) is 12.8 Å². The van der Waals surface area contributed by atoms with Gasteiger partial charge in [-0.2, -0.15) is 0 Å². The lowest BCUT2D eigenvalue weighted by Gasteiger charge is -1.88. The second-order valence-electron chi connectivity index (χ2n) is 1.86. The molecule has 0 aliphatic carbocycles. The Morgan fingerprint density at radius 1 is 1.38 bits per heavy atom. The quantitative estimate of drug-likeness (QED) is 0.495. The highest BCUT2D eigenvalue weighted by Crippen LogP contribution is 1.98. The van der Waals surface area contributed by atoms with Gasteiger partial charge in [-0.15, -0.1) is 0 Å². The van der Waals surface area contributed by atoms with Crippen LogP contribution in [-0.2, 0) is 0 Å². The van der Waals surface area contributed by atoms with Crippen LogP contribution in [0.2, 0.25) is 0 Å². The molecule has 0 aromatic carbocycles. The molecule has 0 atom stereocenters. The van der Waals surface area contributed by atoms with Gasteiger partial charge < -0.3 is 0 Å². The minimum Gasteiger partial charge on any atom is -0.216 e. The van der Waals surface area contributed by atoms with Gasteiger partial charge in [0.15, 0.2) is 0 Å². The molecule has 0 spiro atoms. The first-order chi connectivity index (χ1) is 3.91. The summed E-state index contributed by atoms with van der Waals surface area (Å²) in [5.41, 5.74) is 0. The number of unbranched alkanes of at least 4 members (excludes halogenated alkanes) is 3. The molecule has 0 amide bonds. The van der Waals surface area contributed by atoms with Gasteiger partial charge in [0, 0.05) is 0 Å². The standard InChI is InChI=1S/C7H13F/c1-2-3-4-5-6-7-8/h6-7H,2-5H2,1H3/b7-6+. The average Bonchev–Trinajstić information content (AvgIpc) is 1.81. The number of hydrogen-bond acceptors (Lipinski definition) is 0. The van der Waals surface area contributed by atoms with E-state index in [0.717, 1.165) is 12.8 Å². The summed E-state index contributed by atoms with van der Waals surface area (Å²) in [5, 5.41) is 0. The third-order valence-electron chi connectivity index (χ3n) is 1.06. The molecule has 0 aromatic rings. The lowest BCUT2D eigenvalue weighted by atomic mass is 10.2. The summed E-state index contributed by atoms with van der Waals surface area (Å²) in [4.78, 5) is 0.